The van der Waals surface area contributed by atoms with Gasteiger partial charge in [0.1, 0.15) is 5.15 Å². The first-order chi connectivity index (χ1) is 7.24. The van der Waals surface area contributed by atoms with Crippen molar-refractivity contribution in [1.29, 1.82) is 0 Å². The van der Waals surface area contributed by atoms with Crippen LogP contribution >= 0.6 is 23.2 Å². The maximum absolute atomic E-state index is 6.22. The van der Waals surface area contributed by atoms with Crippen molar-refractivity contribution < 1.29 is 0 Å². The predicted octanol–water partition coefficient (Wildman–Crippen LogP) is 4.03. The van der Waals surface area contributed by atoms with Gasteiger partial charge < -0.3 is 0 Å². The van der Waals surface area contributed by atoms with E-state index < -0.39 is 0 Å². The van der Waals surface area contributed by atoms with Crippen molar-refractivity contribution in [3.8, 4) is 0 Å². The molecule has 0 N–H and O–H groups in total. The highest BCUT2D eigenvalue weighted by atomic mass is 35.5. The molecule has 0 unspecified atom stereocenters. The first kappa shape index (κ1) is 12.9. The summed E-state index contributed by atoms with van der Waals surface area (Å²) in [6.45, 7) is 5.19. The lowest BCUT2D eigenvalue weighted by Gasteiger charge is -2.00. The molecular weight excluding hydrogens is 231 g/mol. The quantitative estimate of drug-likeness (QED) is 0.696. The Morgan fingerprint density at radius 1 is 1.27 bits per heavy atom. The summed E-state index contributed by atoms with van der Waals surface area (Å²) in [6, 6.07) is 0. The normalized spacial score (nSPS) is 10.9. The monoisotopic (exact) mass is 248 g/mol. The average molecular weight is 249 g/mol. The molecule has 0 aliphatic heterocycles. The molecule has 0 radical (unpaired) electrons. The van der Waals surface area contributed by atoms with Crippen molar-refractivity contribution in [3.63, 3.8) is 0 Å². The number of aromatic nitrogens is 2. The summed E-state index contributed by atoms with van der Waals surface area (Å²) in [7, 11) is 0. The molecule has 1 rings (SSSR count). The Morgan fingerprint density at radius 2 is 2.00 bits per heavy atom. The van der Waals surface area contributed by atoms with Crippen LogP contribution < -0.4 is 0 Å². The molecule has 1 aromatic rings. The van der Waals surface area contributed by atoms with Crippen LogP contribution in [0.25, 0.3) is 0 Å². The zero-order chi connectivity index (χ0) is 11.3. The van der Waals surface area contributed by atoms with Gasteiger partial charge in [0.2, 0.25) is 0 Å². The van der Waals surface area contributed by atoms with Crippen LogP contribution in [-0.4, -0.2) is 9.78 Å². The summed E-state index contributed by atoms with van der Waals surface area (Å²) < 4.78 is 1.88. The fourth-order valence-electron chi connectivity index (χ4n) is 1.55. The number of hydrogen-bond donors (Lipinski definition) is 0. The van der Waals surface area contributed by atoms with Gasteiger partial charge in [-0.2, -0.15) is 5.10 Å². The van der Waals surface area contributed by atoms with Gasteiger partial charge >= 0.3 is 0 Å². The number of rotatable bonds is 6. The lowest BCUT2D eigenvalue weighted by molar-refractivity contribution is 0.565. The summed E-state index contributed by atoms with van der Waals surface area (Å²) in [5, 5.41) is 5.23. The minimum absolute atomic E-state index is 0.459. The fourth-order valence-corrected chi connectivity index (χ4v) is 2.20. The molecule has 0 aliphatic carbocycles. The number of alkyl halides is 1. The fraction of sp³-hybridized carbons (Fsp3) is 0.727. The van der Waals surface area contributed by atoms with Gasteiger partial charge in [-0.3, -0.25) is 4.68 Å². The average Bonchev–Trinajstić information content (AvgIpc) is 2.52. The Labute approximate surface area is 102 Å². The molecule has 15 heavy (non-hydrogen) atoms. The van der Waals surface area contributed by atoms with Crippen LogP contribution in [0.5, 0.6) is 0 Å². The predicted molar refractivity (Wildman–Crippen MR) is 65.7 cm³/mol. The Kier molecular flexibility index (Phi) is 5.48. The van der Waals surface area contributed by atoms with Crippen LogP contribution in [0.2, 0.25) is 5.15 Å². The molecule has 0 saturated heterocycles. The summed E-state index contributed by atoms with van der Waals surface area (Å²) in [4.78, 5) is 0. The number of aryl methyl sites for hydroxylation is 2. The van der Waals surface area contributed by atoms with Gasteiger partial charge in [-0.1, -0.05) is 38.3 Å². The molecule has 0 saturated carbocycles. The van der Waals surface area contributed by atoms with E-state index in [1.165, 1.54) is 0 Å². The molecule has 2 nitrogen and oxygen atoms in total. The van der Waals surface area contributed by atoms with Gasteiger partial charge in [0, 0.05) is 12.1 Å². The van der Waals surface area contributed by atoms with Gasteiger partial charge in [-0.15, -0.1) is 11.6 Å². The van der Waals surface area contributed by atoms with Gasteiger partial charge in [0.25, 0.3) is 0 Å². The van der Waals surface area contributed by atoms with Gasteiger partial charge in [-0.25, -0.2) is 0 Å². The van der Waals surface area contributed by atoms with Crippen LogP contribution in [0.4, 0.5) is 0 Å². The van der Waals surface area contributed by atoms with Crippen molar-refractivity contribution in [3.05, 3.63) is 16.4 Å². The Morgan fingerprint density at radius 3 is 2.53 bits per heavy atom. The van der Waals surface area contributed by atoms with Crippen molar-refractivity contribution in [2.24, 2.45) is 0 Å². The maximum atomic E-state index is 6.22. The molecule has 0 bridgehead atoms. The van der Waals surface area contributed by atoms with E-state index in [0.29, 0.717) is 5.88 Å². The SMILES string of the molecule is CCCCn1nc(CCC)c(CCl)c1Cl. The van der Waals surface area contributed by atoms with E-state index >= 15 is 0 Å². The summed E-state index contributed by atoms with van der Waals surface area (Å²) in [6.07, 6.45) is 4.29. The topological polar surface area (TPSA) is 17.8 Å². The Hall–Kier alpha value is -0.210. The van der Waals surface area contributed by atoms with Crippen LogP contribution in [0.1, 0.15) is 44.4 Å². The van der Waals surface area contributed by atoms with Gasteiger partial charge in [0.15, 0.2) is 0 Å². The largest absolute Gasteiger partial charge is 0.253 e. The van der Waals surface area contributed by atoms with E-state index in [1.54, 1.807) is 0 Å². The van der Waals surface area contributed by atoms with E-state index in [4.69, 9.17) is 23.2 Å². The molecule has 0 fully saturated rings. The third-order valence-corrected chi connectivity index (χ3v) is 3.10. The highest BCUT2D eigenvalue weighted by Gasteiger charge is 2.14. The molecule has 1 heterocycles. The van der Waals surface area contributed by atoms with E-state index in [9.17, 15) is 0 Å². The molecule has 86 valence electrons. The summed E-state index contributed by atoms with van der Waals surface area (Å²) in [5.74, 6) is 0.459. The molecule has 4 heteroatoms. The van der Waals surface area contributed by atoms with Crippen LogP contribution in [0, 0.1) is 0 Å². The van der Waals surface area contributed by atoms with Crippen LogP contribution in [0.3, 0.4) is 0 Å². The molecule has 0 spiro atoms. The minimum Gasteiger partial charge on any atom is -0.253 e. The molecule has 0 aromatic carbocycles. The van der Waals surface area contributed by atoms with E-state index in [-0.39, 0.29) is 0 Å². The number of hydrogen-bond acceptors (Lipinski definition) is 1. The van der Waals surface area contributed by atoms with Crippen LogP contribution in [0.15, 0.2) is 0 Å². The zero-order valence-electron chi connectivity index (χ0n) is 9.39. The number of unbranched alkanes of at least 4 members (excludes halogenated alkanes) is 1. The minimum atomic E-state index is 0.459. The number of halogens is 2. The maximum Gasteiger partial charge on any atom is 0.131 e. The highest BCUT2D eigenvalue weighted by molar-refractivity contribution is 6.31. The standard InChI is InChI=1S/C11H18Cl2N2/c1-3-5-7-15-11(13)9(8-12)10(14-15)6-4-2/h3-8H2,1-2H3. The number of nitrogens with zero attached hydrogens (tertiary/aromatic N) is 2. The molecule has 1 aromatic heterocycles. The van der Waals surface area contributed by atoms with Crippen molar-refractivity contribution in [2.75, 3.05) is 0 Å². The second-order valence-corrected chi connectivity index (χ2v) is 4.30. The summed E-state index contributed by atoms with van der Waals surface area (Å²) in [5.41, 5.74) is 2.07. The van der Waals surface area contributed by atoms with Crippen molar-refractivity contribution >= 4 is 23.2 Å². The summed E-state index contributed by atoms with van der Waals surface area (Å²) >= 11 is 12.1. The van der Waals surface area contributed by atoms with Crippen molar-refractivity contribution in [2.45, 2.75) is 52.0 Å². The molecule has 0 amide bonds. The lowest BCUT2D eigenvalue weighted by atomic mass is 10.2. The van der Waals surface area contributed by atoms with Gasteiger partial charge in [0.05, 0.1) is 11.6 Å². The molecular formula is C11H18Cl2N2. The third-order valence-electron chi connectivity index (χ3n) is 2.41. The second-order valence-electron chi connectivity index (χ2n) is 3.68. The van der Waals surface area contributed by atoms with E-state index in [2.05, 4.69) is 18.9 Å². The lowest BCUT2D eigenvalue weighted by Crippen LogP contribution is -2.00. The smallest absolute Gasteiger partial charge is 0.131 e. The van der Waals surface area contributed by atoms with Crippen LogP contribution in [-0.2, 0) is 18.8 Å². The van der Waals surface area contributed by atoms with Gasteiger partial charge in [-0.05, 0) is 12.8 Å². The van der Waals surface area contributed by atoms with E-state index in [1.807, 2.05) is 4.68 Å². The molecule has 0 aliphatic rings. The van der Waals surface area contributed by atoms with Crippen molar-refractivity contribution in [1.82, 2.24) is 9.78 Å². The van der Waals surface area contributed by atoms with E-state index in [0.717, 1.165) is 48.6 Å². The first-order valence-corrected chi connectivity index (χ1v) is 6.45. The zero-order valence-corrected chi connectivity index (χ0v) is 10.9. The highest BCUT2D eigenvalue weighted by Crippen LogP contribution is 2.23. The second kappa shape index (κ2) is 6.39. The Bertz CT molecular complexity index is 308. The Balaban J connectivity index is 2.87. The third kappa shape index (κ3) is 3.12. The molecule has 0 atom stereocenters. The first-order valence-electron chi connectivity index (χ1n) is 5.54.